The van der Waals surface area contributed by atoms with E-state index in [9.17, 15) is 9.18 Å². The predicted octanol–water partition coefficient (Wildman–Crippen LogP) is 5.91. The molecule has 3 atom stereocenters. The molecule has 1 fully saturated rings. The average molecular weight is 422 g/mol. The molecule has 0 radical (unpaired) electrons. The number of carbonyl (C=O) groups excluding carboxylic acids is 1. The van der Waals surface area contributed by atoms with E-state index in [0.717, 1.165) is 32.9 Å². The van der Waals surface area contributed by atoms with Crippen molar-refractivity contribution in [1.29, 1.82) is 0 Å². The molecule has 0 bridgehead atoms. The maximum Gasteiger partial charge on any atom is 0.251 e. The highest BCUT2D eigenvalue weighted by atomic mass is 32.1. The molecule has 1 saturated carbocycles. The van der Waals surface area contributed by atoms with E-state index in [0.29, 0.717) is 17.4 Å². The highest BCUT2D eigenvalue weighted by molar-refractivity contribution is 7.23. The van der Waals surface area contributed by atoms with Crippen molar-refractivity contribution >= 4 is 32.4 Å². The fourth-order valence-corrected chi connectivity index (χ4v) is 5.49. The standard InChI is InChI=1S/C24H24FN3OS/c1-14-4-3-5-19(15(14)2)26-23(29)17-8-11-21-22(12-17)30-24-27-20(13-28(21)24)16-6-9-18(25)10-7-16/h6-15,19H,3-5H2,1-2H3,(H,26,29)/t14-,15-,19-/m1/s1. The number of hydrogen-bond donors (Lipinski definition) is 1. The Labute approximate surface area is 178 Å². The number of benzene rings is 2. The van der Waals surface area contributed by atoms with Crippen molar-refractivity contribution in [3.05, 3.63) is 60.0 Å². The SMILES string of the molecule is C[C@@H]1[C@H](C)CCC[C@H]1NC(=O)c1ccc2c(c1)sc1nc(-c3ccc(F)cc3)cn12. The lowest BCUT2D eigenvalue weighted by Gasteiger charge is -2.34. The molecule has 0 unspecified atom stereocenters. The Kier molecular flexibility index (Phi) is 4.82. The number of hydrogen-bond acceptors (Lipinski definition) is 3. The molecular weight excluding hydrogens is 397 g/mol. The molecule has 2 heterocycles. The first-order valence-corrected chi connectivity index (χ1v) is 11.3. The Morgan fingerprint density at radius 3 is 2.77 bits per heavy atom. The normalized spacial score (nSPS) is 21.9. The Hall–Kier alpha value is -2.73. The number of aromatic nitrogens is 2. The summed E-state index contributed by atoms with van der Waals surface area (Å²) in [6, 6.07) is 12.4. The van der Waals surface area contributed by atoms with E-state index < -0.39 is 0 Å². The molecule has 30 heavy (non-hydrogen) atoms. The monoisotopic (exact) mass is 421 g/mol. The van der Waals surface area contributed by atoms with Crippen molar-refractivity contribution in [3.63, 3.8) is 0 Å². The van der Waals surface area contributed by atoms with E-state index in [1.54, 1.807) is 23.5 Å². The molecule has 1 N–H and O–H groups in total. The molecule has 0 spiro atoms. The second kappa shape index (κ2) is 7.51. The third-order valence-electron chi connectivity index (χ3n) is 6.52. The van der Waals surface area contributed by atoms with Gasteiger partial charge in [-0.05, 0) is 60.7 Å². The predicted molar refractivity (Wildman–Crippen MR) is 119 cm³/mol. The van der Waals surface area contributed by atoms with Gasteiger partial charge in [0.05, 0.1) is 15.9 Å². The van der Waals surface area contributed by atoms with Crippen LogP contribution in [0.4, 0.5) is 4.39 Å². The fourth-order valence-electron chi connectivity index (χ4n) is 4.44. The smallest absolute Gasteiger partial charge is 0.251 e. The van der Waals surface area contributed by atoms with Gasteiger partial charge in [-0.25, -0.2) is 9.37 Å². The number of nitrogens with zero attached hydrogens (tertiary/aromatic N) is 2. The summed E-state index contributed by atoms with van der Waals surface area (Å²) in [6.45, 7) is 4.52. The van der Waals surface area contributed by atoms with Gasteiger partial charge >= 0.3 is 0 Å². The van der Waals surface area contributed by atoms with Crippen LogP contribution in [0, 0.1) is 17.7 Å². The van der Waals surface area contributed by atoms with Gasteiger partial charge in [0.15, 0.2) is 4.96 Å². The molecule has 1 aliphatic rings. The number of fused-ring (bicyclic) bond motifs is 3. The summed E-state index contributed by atoms with van der Waals surface area (Å²) >= 11 is 1.56. The van der Waals surface area contributed by atoms with Crippen LogP contribution in [0.15, 0.2) is 48.7 Å². The van der Waals surface area contributed by atoms with Crippen LogP contribution >= 0.6 is 11.3 Å². The highest BCUT2D eigenvalue weighted by Crippen LogP contribution is 2.32. The number of amides is 1. The summed E-state index contributed by atoms with van der Waals surface area (Å²) < 4.78 is 16.3. The van der Waals surface area contributed by atoms with Gasteiger partial charge in [0.1, 0.15) is 5.82 Å². The number of thiazole rings is 1. The first-order valence-electron chi connectivity index (χ1n) is 10.5. The summed E-state index contributed by atoms with van der Waals surface area (Å²) in [6.07, 6.45) is 5.44. The van der Waals surface area contributed by atoms with E-state index in [1.807, 2.05) is 28.8 Å². The van der Waals surface area contributed by atoms with Gasteiger partial charge in [0, 0.05) is 23.4 Å². The molecule has 2 aromatic heterocycles. The van der Waals surface area contributed by atoms with Gasteiger partial charge in [-0.1, -0.05) is 38.0 Å². The van der Waals surface area contributed by atoms with Crippen LogP contribution in [0.25, 0.3) is 26.4 Å². The average Bonchev–Trinajstić information content (AvgIpc) is 3.29. The van der Waals surface area contributed by atoms with E-state index in [2.05, 4.69) is 19.2 Å². The lowest BCUT2D eigenvalue weighted by Crippen LogP contribution is -2.43. The second-order valence-corrected chi connectivity index (χ2v) is 9.43. The topological polar surface area (TPSA) is 46.4 Å². The van der Waals surface area contributed by atoms with E-state index in [1.165, 1.54) is 25.0 Å². The highest BCUT2D eigenvalue weighted by Gasteiger charge is 2.28. The molecule has 0 saturated heterocycles. The summed E-state index contributed by atoms with van der Waals surface area (Å²) in [7, 11) is 0. The summed E-state index contributed by atoms with van der Waals surface area (Å²) in [4.78, 5) is 18.4. The third-order valence-corrected chi connectivity index (χ3v) is 7.54. The van der Waals surface area contributed by atoms with Gasteiger partial charge in [0.2, 0.25) is 0 Å². The Morgan fingerprint density at radius 2 is 1.97 bits per heavy atom. The van der Waals surface area contributed by atoms with Crippen LogP contribution in [-0.4, -0.2) is 21.3 Å². The zero-order chi connectivity index (χ0) is 20.8. The van der Waals surface area contributed by atoms with Crippen molar-refractivity contribution in [3.8, 4) is 11.3 Å². The quantitative estimate of drug-likeness (QED) is 0.447. The molecule has 1 amide bonds. The van der Waals surface area contributed by atoms with Gasteiger partial charge in [0.25, 0.3) is 5.91 Å². The molecule has 2 aromatic carbocycles. The molecule has 6 heteroatoms. The molecule has 5 rings (SSSR count). The second-order valence-electron chi connectivity index (χ2n) is 8.42. The van der Waals surface area contributed by atoms with Crippen LogP contribution in [0.2, 0.25) is 0 Å². The molecular formula is C24H24FN3OS. The van der Waals surface area contributed by atoms with Crippen molar-refractivity contribution in [2.75, 3.05) is 0 Å². The maximum absolute atomic E-state index is 13.2. The van der Waals surface area contributed by atoms with Gasteiger partial charge in [-0.3, -0.25) is 9.20 Å². The first kappa shape index (κ1) is 19.2. The van der Waals surface area contributed by atoms with Crippen LogP contribution < -0.4 is 5.32 Å². The third kappa shape index (κ3) is 3.39. The van der Waals surface area contributed by atoms with Crippen LogP contribution in [0.3, 0.4) is 0 Å². The Balaban J connectivity index is 1.42. The number of nitrogens with one attached hydrogen (secondary N) is 1. The largest absolute Gasteiger partial charge is 0.349 e. The first-order chi connectivity index (χ1) is 14.5. The zero-order valence-corrected chi connectivity index (χ0v) is 17.9. The molecule has 4 aromatic rings. The van der Waals surface area contributed by atoms with Gasteiger partial charge in [-0.15, -0.1) is 0 Å². The minimum absolute atomic E-state index is 0.000825. The van der Waals surface area contributed by atoms with Crippen molar-refractivity contribution in [2.45, 2.75) is 39.2 Å². The number of imidazole rings is 1. The summed E-state index contributed by atoms with van der Waals surface area (Å²) in [5.74, 6) is 0.891. The van der Waals surface area contributed by atoms with Crippen molar-refractivity contribution < 1.29 is 9.18 Å². The molecule has 0 aliphatic heterocycles. The Morgan fingerprint density at radius 1 is 1.17 bits per heavy atom. The van der Waals surface area contributed by atoms with E-state index in [4.69, 9.17) is 4.98 Å². The van der Waals surface area contributed by atoms with Gasteiger partial charge < -0.3 is 5.32 Å². The van der Waals surface area contributed by atoms with Crippen LogP contribution in [-0.2, 0) is 0 Å². The lowest BCUT2D eigenvalue weighted by atomic mass is 9.78. The number of rotatable bonds is 3. The molecule has 154 valence electrons. The van der Waals surface area contributed by atoms with Crippen LogP contribution in [0.1, 0.15) is 43.5 Å². The van der Waals surface area contributed by atoms with Gasteiger partial charge in [-0.2, -0.15) is 0 Å². The zero-order valence-electron chi connectivity index (χ0n) is 17.1. The molecule has 4 nitrogen and oxygen atoms in total. The lowest BCUT2D eigenvalue weighted by molar-refractivity contribution is 0.0891. The van der Waals surface area contributed by atoms with Crippen LogP contribution in [0.5, 0.6) is 0 Å². The maximum atomic E-state index is 13.2. The van der Waals surface area contributed by atoms with Crippen molar-refractivity contribution in [2.24, 2.45) is 11.8 Å². The summed E-state index contributed by atoms with van der Waals surface area (Å²) in [5, 5.41) is 3.26. The molecule has 1 aliphatic carbocycles. The number of carbonyl (C=O) groups is 1. The minimum atomic E-state index is -0.256. The van der Waals surface area contributed by atoms with Crippen molar-refractivity contribution in [1.82, 2.24) is 14.7 Å². The Bertz CT molecular complexity index is 1230. The summed E-state index contributed by atoms with van der Waals surface area (Å²) in [5.41, 5.74) is 3.40. The van der Waals surface area contributed by atoms with E-state index in [-0.39, 0.29) is 17.8 Å². The fraction of sp³-hybridized carbons (Fsp3) is 0.333. The van der Waals surface area contributed by atoms with E-state index >= 15 is 0 Å². The number of halogens is 1. The minimum Gasteiger partial charge on any atom is -0.349 e.